The second-order valence-electron chi connectivity index (χ2n) is 4.06. The number of rotatable bonds is 6. The Balaban J connectivity index is 1.73. The van der Waals surface area contributed by atoms with E-state index in [0.29, 0.717) is 12.1 Å². The van der Waals surface area contributed by atoms with E-state index in [1.54, 1.807) is 16.1 Å². The molecule has 0 saturated carbocycles. The lowest BCUT2D eigenvalue weighted by Crippen LogP contribution is -2.15. The van der Waals surface area contributed by atoms with E-state index in [1.165, 1.54) is 16.9 Å². The zero-order valence-electron chi connectivity index (χ0n) is 10.1. The molecule has 0 aromatic carbocycles. The number of carboxylic acid groups (broad SMARTS) is 1. The van der Waals surface area contributed by atoms with Crippen molar-refractivity contribution < 1.29 is 9.90 Å². The highest BCUT2D eigenvalue weighted by Crippen LogP contribution is 2.14. The van der Waals surface area contributed by atoms with Crippen LogP contribution in [-0.2, 0) is 20.0 Å². The van der Waals surface area contributed by atoms with Gasteiger partial charge in [0.05, 0.1) is 11.8 Å². The summed E-state index contributed by atoms with van der Waals surface area (Å²) >= 11 is 1.47. The summed E-state index contributed by atoms with van der Waals surface area (Å²) in [6, 6.07) is 1.71. The number of carbonyl (C=O) groups is 1. The molecule has 0 aliphatic rings. The highest BCUT2D eigenvalue weighted by Gasteiger charge is 2.05. The van der Waals surface area contributed by atoms with Gasteiger partial charge in [-0.25, -0.2) is 4.79 Å². The van der Waals surface area contributed by atoms with Gasteiger partial charge in [-0.3, -0.25) is 4.68 Å². The fraction of sp³-hybridized carbons (Fsp3) is 0.333. The molecule has 0 unspecified atom stereocenters. The van der Waals surface area contributed by atoms with Gasteiger partial charge in [-0.15, -0.1) is 11.3 Å². The van der Waals surface area contributed by atoms with Crippen LogP contribution in [0.1, 0.15) is 20.8 Å². The van der Waals surface area contributed by atoms with Crippen molar-refractivity contribution in [3.8, 4) is 0 Å². The minimum absolute atomic E-state index is 0.365. The molecule has 0 aliphatic carbocycles. The molecule has 0 amide bonds. The predicted octanol–water partition coefficient (Wildman–Crippen LogP) is 1.51. The van der Waals surface area contributed by atoms with E-state index < -0.39 is 5.97 Å². The summed E-state index contributed by atoms with van der Waals surface area (Å²) in [6.45, 7) is 1.56. The number of carboxylic acids is 1. The molecule has 0 atom stereocenters. The van der Waals surface area contributed by atoms with Crippen LogP contribution < -0.4 is 5.32 Å². The molecule has 96 valence electrons. The zero-order valence-corrected chi connectivity index (χ0v) is 10.9. The summed E-state index contributed by atoms with van der Waals surface area (Å²) in [4.78, 5) is 11.7. The van der Waals surface area contributed by atoms with Crippen molar-refractivity contribution >= 4 is 17.3 Å². The van der Waals surface area contributed by atoms with Crippen LogP contribution in [0, 0.1) is 0 Å². The van der Waals surface area contributed by atoms with E-state index in [4.69, 9.17) is 5.11 Å². The van der Waals surface area contributed by atoms with Gasteiger partial charge in [0.1, 0.15) is 0 Å². The topological polar surface area (TPSA) is 67.2 Å². The summed E-state index contributed by atoms with van der Waals surface area (Å²) in [5.41, 5.74) is 1.56. The maximum absolute atomic E-state index is 10.7. The highest BCUT2D eigenvalue weighted by molar-refractivity contribution is 7.10. The lowest BCUT2D eigenvalue weighted by Gasteiger charge is -2.00. The molecule has 0 radical (unpaired) electrons. The van der Waals surface area contributed by atoms with Crippen LogP contribution in [-0.4, -0.2) is 27.4 Å². The van der Waals surface area contributed by atoms with E-state index in [9.17, 15) is 4.79 Å². The second-order valence-corrected chi connectivity index (χ2v) is 5.05. The van der Waals surface area contributed by atoms with Gasteiger partial charge < -0.3 is 10.4 Å². The van der Waals surface area contributed by atoms with Gasteiger partial charge >= 0.3 is 5.97 Å². The average molecular weight is 265 g/mol. The van der Waals surface area contributed by atoms with Gasteiger partial charge in [0, 0.05) is 30.0 Å². The summed E-state index contributed by atoms with van der Waals surface area (Å²) in [5, 5.41) is 17.9. The van der Waals surface area contributed by atoms with Crippen molar-refractivity contribution in [3.63, 3.8) is 0 Å². The van der Waals surface area contributed by atoms with Crippen LogP contribution in [0.25, 0.3) is 0 Å². The predicted molar refractivity (Wildman–Crippen MR) is 69.9 cm³/mol. The molecule has 0 spiro atoms. The largest absolute Gasteiger partial charge is 0.478 e. The van der Waals surface area contributed by atoms with Gasteiger partial charge in [-0.1, -0.05) is 0 Å². The summed E-state index contributed by atoms with van der Waals surface area (Å²) in [7, 11) is 1.90. The van der Waals surface area contributed by atoms with Gasteiger partial charge in [0.15, 0.2) is 0 Å². The number of aromatic nitrogens is 2. The molecule has 2 aromatic heterocycles. The van der Waals surface area contributed by atoms with Crippen LogP contribution in [0.3, 0.4) is 0 Å². The third kappa shape index (κ3) is 3.41. The Kier molecular flexibility index (Phi) is 4.11. The number of nitrogens with zero attached hydrogens (tertiary/aromatic N) is 2. The Labute approximate surface area is 109 Å². The minimum atomic E-state index is -0.868. The van der Waals surface area contributed by atoms with Crippen molar-refractivity contribution in [1.29, 1.82) is 0 Å². The summed E-state index contributed by atoms with van der Waals surface area (Å²) in [5.74, 6) is -0.868. The number of nitrogens with one attached hydrogen (secondary N) is 1. The zero-order chi connectivity index (χ0) is 13.0. The van der Waals surface area contributed by atoms with E-state index in [2.05, 4.69) is 10.4 Å². The number of aromatic carboxylic acids is 1. The van der Waals surface area contributed by atoms with Crippen molar-refractivity contribution in [1.82, 2.24) is 15.1 Å². The lowest BCUT2D eigenvalue weighted by atomic mass is 10.2. The summed E-state index contributed by atoms with van der Waals surface area (Å²) < 4.78 is 1.79. The smallest absolute Gasteiger partial charge is 0.336 e. The van der Waals surface area contributed by atoms with Crippen LogP contribution in [0.15, 0.2) is 23.8 Å². The first kappa shape index (κ1) is 12.8. The van der Waals surface area contributed by atoms with Crippen molar-refractivity contribution in [3.05, 3.63) is 39.8 Å². The lowest BCUT2D eigenvalue weighted by molar-refractivity contribution is 0.0697. The molecule has 2 aromatic rings. The fourth-order valence-electron chi connectivity index (χ4n) is 1.63. The Morgan fingerprint density at radius 2 is 2.44 bits per heavy atom. The molecule has 0 fully saturated rings. The van der Waals surface area contributed by atoms with E-state index >= 15 is 0 Å². The normalized spacial score (nSPS) is 10.7. The number of aryl methyl sites for hydroxylation is 1. The van der Waals surface area contributed by atoms with Crippen LogP contribution in [0.2, 0.25) is 0 Å². The molecule has 5 nitrogen and oxygen atoms in total. The standard InChI is InChI=1S/C12H15N3O2S/c1-15-7-9(5-14-15)2-3-13-6-11-4-10(8-18-11)12(16)17/h4-5,7-8,13H,2-3,6H2,1H3,(H,16,17). The molecule has 0 aliphatic heterocycles. The first-order valence-electron chi connectivity index (χ1n) is 5.64. The maximum atomic E-state index is 10.7. The highest BCUT2D eigenvalue weighted by atomic mass is 32.1. The van der Waals surface area contributed by atoms with E-state index in [0.717, 1.165) is 17.8 Å². The molecular weight excluding hydrogens is 250 g/mol. The molecular formula is C12H15N3O2S. The van der Waals surface area contributed by atoms with Gasteiger partial charge in [0.25, 0.3) is 0 Å². The maximum Gasteiger partial charge on any atom is 0.336 e. The third-order valence-corrected chi connectivity index (χ3v) is 3.49. The number of hydrogen-bond acceptors (Lipinski definition) is 4. The first-order chi connectivity index (χ1) is 8.65. The average Bonchev–Trinajstić information content (AvgIpc) is 2.93. The molecule has 2 N–H and O–H groups in total. The summed E-state index contributed by atoms with van der Waals surface area (Å²) in [6.07, 6.45) is 4.77. The van der Waals surface area contributed by atoms with E-state index in [1.807, 2.05) is 19.4 Å². The third-order valence-electron chi connectivity index (χ3n) is 2.55. The van der Waals surface area contributed by atoms with Gasteiger partial charge in [0.2, 0.25) is 0 Å². The van der Waals surface area contributed by atoms with Crippen LogP contribution in [0.5, 0.6) is 0 Å². The Morgan fingerprint density at radius 3 is 3.06 bits per heavy atom. The Morgan fingerprint density at radius 1 is 1.61 bits per heavy atom. The van der Waals surface area contributed by atoms with Crippen molar-refractivity contribution in [2.24, 2.45) is 7.05 Å². The van der Waals surface area contributed by atoms with Gasteiger partial charge in [-0.05, 0) is 24.6 Å². The minimum Gasteiger partial charge on any atom is -0.478 e. The second kappa shape index (κ2) is 5.79. The monoisotopic (exact) mass is 265 g/mol. The van der Waals surface area contributed by atoms with Gasteiger partial charge in [-0.2, -0.15) is 5.10 Å². The molecule has 18 heavy (non-hydrogen) atoms. The Hall–Kier alpha value is -1.66. The van der Waals surface area contributed by atoms with Crippen molar-refractivity contribution in [2.45, 2.75) is 13.0 Å². The molecule has 2 heterocycles. The van der Waals surface area contributed by atoms with E-state index in [-0.39, 0.29) is 0 Å². The molecule has 0 saturated heterocycles. The van der Waals surface area contributed by atoms with Crippen LogP contribution >= 0.6 is 11.3 Å². The molecule has 6 heteroatoms. The molecule has 2 rings (SSSR count). The quantitative estimate of drug-likeness (QED) is 0.777. The van der Waals surface area contributed by atoms with Crippen molar-refractivity contribution in [2.75, 3.05) is 6.54 Å². The van der Waals surface area contributed by atoms with Crippen LogP contribution in [0.4, 0.5) is 0 Å². The number of thiophene rings is 1. The molecule has 0 bridgehead atoms. The number of hydrogen-bond donors (Lipinski definition) is 2. The Bertz CT molecular complexity index is 533. The SMILES string of the molecule is Cn1cc(CCNCc2cc(C(=O)O)cs2)cn1. The fourth-order valence-corrected chi connectivity index (χ4v) is 2.46. The first-order valence-corrected chi connectivity index (χ1v) is 6.52.